The molecule has 38 heavy (non-hydrogen) atoms. The largest absolute Gasteiger partial charge is 0.397 e. The average Bonchev–Trinajstić information content (AvgIpc) is 2.85. The van der Waals surface area contributed by atoms with E-state index in [0.29, 0.717) is 6.42 Å². The SMILES string of the molecule is CCCCCCCCO[C@@H]1O[C@H](COS(=O)(=O)O)[C@@H](O[C@@H]2O[C@H](CO)[C@H](O)[C@H](O)[C@H]2O)[C@H](O)[C@H]1NC(C)=O. The molecule has 0 aromatic rings. The van der Waals surface area contributed by atoms with Crippen molar-refractivity contribution in [3.8, 4) is 0 Å². The fourth-order valence-corrected chi connectivity index (χ4v) is 4.63. The minimum Gasteiger partial charge on any atom is -0.394 e. The smallest absolute Gasteiger partial charge is 0.394 e. The predicted octanol–water partition coefficient (Wildman–Crippen LogP) is -2.04. The van der Waals surface area contributed by atoms with Crippen LogP contribution >= 0.6 is 0 Å². The molecule has 0 saturated carbocycles. The molecule has 0 spiro atoms. The van der Waals surface area contributed by atoms with Gasteiger partial charge in [-0.3, -0.25) is 9.35 Å². The van der Waals surface area contributed by atoms with Crippen molar-refractivity contribution in [3.63, 3.8) is 0 Å². The molecular weight excluding hydrogens is 534 g/mol. The number of amides is 1. The summed E-state index contributed by atoms with van der Waals surface area (Å²) in [6, 6.07) is -1.22. The Morgan fingerprint density at radius 2 is 1.53 bits per heavy atom. The maximum Gasteiger partial charge on any atom is 0.397 e. The van der Waals surface area contributed by atoms with Gasteiger partial charge in [0.2, 0.25) is 5.91 Å². The molecule has 16 heteroatoms. The Balaban J connectivity index is 2.20. The van der Waals surface area contributed by atoms with Gasteiger partial charge in [0.05, 0.1) is 13.2 Å². The van der Waals surface area contributed by atoms with E-state index in [-0.39, 0.29) is 6.61 Å². The molecule has 7 N–H and O–H groups in total. The Labute approximate surface area is 221 Å². The summed E-state index contributed by atoms with van der Waals surface area (Å²) in [5.41, 5.74) is 0. The van der Waals surface area contributed by atoms with Crippen molar-refractivity contribution in [2.24, 2.45) is 0 Å². The number of nitrogens with one attached hydrogen (secondary N) is 1. The molecule has 0 radical (unpaired) electrons. The second kappa shape index (κ2) is 15.7. The van der Waals surface area contributed by atoms with E-state index in [9.17, 15) is 38.7 Å². The summed E-state index contributed by atoms with van der Waals surface area (Å²) in [4.78, 5) is 11.9. The summed E-state index contributed by atoms with van der Waals surface area (Å²) < 4.78 is 58.4. The number of unbranched alkanes of at least 4 members (excludes halogenated alkanes) is 5. The highest BCUT2D eigenvalue weighted by Gasteiger charge is 2.51. The third-order valence-electron chi connectivity index (χ3n) is 6.34. The van der Waals surface area contributed by atoms with Crippen LogP contribution in [0.15, 0.2) is 0 Å². The Morgan fingerprint density at radius 1 is 0.895 bits per heavy atom. The van der Waals surface area contributed by atoms with E-state index in [2.05, 4.69) is 16.4 Å². The molecule has 224 valence electrons. The lowest BCUT2D eigenvalue weighted by Crippen LogP contribution is -2.67. The lowest BCUT2D eigenvalue weighted by Gasteiger charge is -2.47. The zero-order valence-electron chi connectivity index (χ0n) is 21.5. The Morgan fingerprint density at radius 3 is 2.13 bits per heavy atom. The van der Waals surface area contributed by atoms with E-state index < -0.39 is 90.9 Å². The van der Waals surface area contributed by atoms with Crippen molar-refractivity contribution in [2.45, 2.75) is 114 Å². The highest BCUT2D eigenvalue weighted by molar-refractivity contribution is 7.80. The van der Waals surface area contributed by atoms with E-state index in [1.54, 1.807) is 0 Å². The van der Waals surface area contributed by atoms with Crippen LogP contribution in [0.4, 0.5) is 0 Å². The standard InChI is InChI=1S/C22H41NO14S/c1-3-4-5-6-7-8-9-33-21-15(23-12(2)25)17(27)20(14(36-21)11-34-38(30,31)32)37-22-19(29)18(28)16(26)13(10-24)35-22/h13-22,24,26-29H,3-11H2,1-2H3,(H,23,25)(H,30,31,32)/t13-,14-,15-,16+,17-,18+,19-,20-,21-,22+/m1/s1. The first-order chi connectivity index (χ1) is 17.9. The highest BCUT2D eigenvalue weighted by Crippen LogP contribution is 2.30. The van der Waals surface area contributed by atoms with Gasteiger partial charge in [-0.05, 0) is 6.42 Å². The van der Waals surface area contributed by atoms with Gasteiger partial charge >= 0.3 is 10.4 Å². The number of rotatable bonds is 15. The lowest BCUT2D eigenvalue weighted by molar-refractivity contribution is -0.347. The van der Waals surface area contributed by atoms with Crippen molar-refractivity contribution in [2.75, 3.05) is 19.8 Å². The Hall–Kier alpha value is -1.02. The molecule has 2 aliphatic heterocycles. The van der Waals surface area contributed by atoms with E-state index in [4.69, 9.17) is 23.5 Å². The quantitative estimate of drug-likeness (QED) is 0.0824. The summed E-state index contributed by atoms with van der Waals surface area (Å²) in [5, 5.41) is 53.5. The molecule has 2 fully saturated rings. The lowest BCUT2D eigenvalue weighted by atomic mass is 9.95. The van der Waals surface area contributed by atoms with Gasteiger partial charge in [0, 0.05) is 13.5 Å². The summed E-state index contributed by atoms with van der Waals surface area (Å²) in [6.45, 7) is 1.89. The molecule has 2 saturated heterocycles. The van der Waals surface area contributed by atoms with Gasteiger partial charge in [0.15, 0.2) is 12.6 Å². The molecule has 2 rings (SSSR count). The predicted molar refractivity (Wildman–Crippen MR) is 128 cm³/mol. The van der Waals surface area contributed by atoms with Crippen LogP contribution < -0.4 is 5.32 Å². The van der Waals surface area contributed by atoms with Crippen LogP contribution in [0.5, 0.6) is 0 Å². The highest BCUT2D eigenvalue weighted by atomic mass is 32.3. The average molecular weight is 576 g/mol. The van der Waals surface area contributed by atoms with Gasteiger partial charge in [0.25, 0.3) is 0 Å². The first-order valence-corrected chi connectivity index (χ1v) is 14.1. The van der Waals surface area contributed by atoms with Crippen molar-refractivity contribution >= 4 is 16.3 Å². The molecule has 1 amide bonds. The Bertz CT molecular complexity index is 814. The number of carbonyl (C=O) groups excluding carboxylic acids is 1. The number of ether oxygens (including phenoxy) is 4. The molecule has 0 aliphatic carbocycles. The van der Waals surface area contributed by atoms with Crippen molar-refractivity contribution in [1.82, 2.24) is 5.32 Å². The van der Waals surface area contributed by atoms with Crippen LogP contribution in [0, 0.1) is 0 Å². The molecule has 2 aliphatic rings. The third-order valence-corrected chi connectivity index (χ3v) is 6.78. The van der Waals surface area contributed by atoms with Gasteiger partial charge in [0.1, 0.15) is 48.8 Å². The van der Waals surface area contributed by atoms with E-state index in [1.165, 1.54) is 6.92 Å². The van der Waals surface area contributed by atoms with Gasteiger partial charge in [-0.25, -0.2) is 4.18 Å². The zero-order chi connectivity index (χ0) is 28.5. The molecule has 0 bridgehead atoms. The molecule has 0 aromatic carbocycles. The molecule has 15 nitrogen and oxygen atoms in total. The summed E-state index contributed by atoms with van der Waals surface area (Å²) in [6.07, 6.45) is -8.46. The van der Waals surface area contributed by atoms with Crippen molar-refractivity contribution in [1.29, 1.82) is 0 Å². The number of hydrogen-bond donors (Lipinski definition) is 7. The number of aliphatic hydroxyl groups excluding tert-OH is 5. The van der Waals surface area contributed by atoms with Crippen molar-refractivity contribution in [3.05, 3.63) is 0 Å². The van der Waals surface area contributed by atoms with Crippen LogP contribution in [0.1, 0.15) is 52.4 Å². The number of hydrogen-bond acceptors (Lipinski definition) is 13. The zero-order valence-corrected chi connectivity index (χ0v) is 22.3. The van der Waals surface area contributed by atoms with Gasteiger partial charge in [-0.2, -0.15) is 8.42 Å². The van der Waals surface area contributed by atoms with E-state index in [1.807, 2.05) is 0 Å². The van der Waals surface area contributed by atoms with Crippen molar-refractivity contribution < 1.29 is 66.4 Å². The summed E-state index contributed by atoms with van der Waals surface area (Å²) in [7, 11) is -4.93. The van der Waals surface area contributed by atoms with E-state index >= 15 is 0 Å². The first-order valence-electron chi connectivity index (χ1n) is 12.7. The maximum absolute atomic E-state index is 11.9. The van der Waals surface area contributed by atoms with Crippen LogP contribution in [0.25, 0.3) is 0 Å². The van der Waals surface area contributed by atoms with Crippen LogP contribution in [-0.4, -0.2) is 126 Å². The minimum absolute atomic E-state index is 0.198. The minimum atomic E-state index is -4.93. The monoisotopic (exact) mass is 575 g/mol. The third kappa shape index (κ3) is 9.87. The Kier molecular flexibility index (Phi) is 13.7. The first kappa shape index (κ1) is 33.2. The van der Waals surface area contributed by atoms with Gasteiger partial charge in [-0.1, -0.05) is 39.0 Å². The van der Waals surface area contributed by atoms with Crippen LogP contribution in [-0.2, 0) is 38.3 Å². The summed E-state index contributed by atoms with van der Waals surface area (Å²) >= 11 is 0. The fraction of sp³-hybridized carbons (Fsp3) is 0.955. The van der Waals surface area contributed by atoms with Gasteiger partial charge < -0.3 is 49.8 Å². The maximum atomic E-state index is 11.9. The van der Waals surface area contributed by atoms with E-state index in [0.717, 1.165) is 32.1 Å². The van der Waals surface area contributed by atoms with Gasteiger partial charge in [-0.15, -0.1) is 0 Å². The second-order valence-electron chi connectivity index (χ2n) is 9.41. The number of aliphatic hydroxyl groups is 5. The molecule has 2 heterocycles. The van der Waals surface area contributed by atoms with Crippen LogP contribution in [0.3, 0.4) is 0 Å². The number of carbonyl (C=O) groups is 1. The topological polar surface area (TPSA) is 231 Å². The normalized spacial score (nSPS) is 36.2. The van der Waals surface area contributed by atoms with Crippen LogP contribution in [0.2, 0.25) is 0 Å². The fourth-order valence-electron chi connectivity index (χ4n) is 4.32. The molecule has 0 unspecified atom stereocenters. The second-order valence-corrected chi connectivity index (χ2v) is 10.5. The molecule has 0 aromatic heterocycles. The molecule has 10 atom stereocenters. The summed E-state index contributed by atoms with van der Waals surface area (Å²) in [5.74, 6) is -0.551. The molecular formula is C22H41NO14S.